The van der Waals surface area contributed by atoms with Gasteiger partial charge in [0.05, 0.1) is 19.1 Å². The molecule has 0 heterocycles. The fourth-order valence-corrected chi connectivity index (χ4v) is 4.30. The second-order valence-electron chi connectivity index (χ2n) is 8.38. The second kappa shape index (κ2) is 11.9. The summed E-state index contributed by atoms with van der Waals surface area (Å²) in [4.78, 5) is 27.9. The van der Waals surface area contributed by atoms with Crippen LogP contribution in [0, 0.1) is 6.92 Å². The SMILES string of the molecule is CC[C@@H](C)NC(=O)[C@@H](C)N(Cc1ccccc1C)C(=O)CN(c1ccccc1OC)S(C)(=O)=O. The molecule has 0 bridgehead atoms. The van der Waals surface area contributed by atoms with Gasteiger partial charge >= 0.3 is 0 Å². The van der Waals surface area contributed by atoms with Crippen molar-refractivity contribution in [3.8, 4) is 5.75 Å². The lowest BCUT2D eigenvalue weighted by Crippen LogP contribution is -2.52. The summed E-state index contributed by atoms with van der Waals surface area (Å²) in [6.45, 7) is 7.14. The van der Waals surface area contributed by atoms with Gasteiger partial charge in [0.25, 0.3) is 0 Å². The minimum atomic E-state index is -3.82. The highest BCUT2D eigenvalue weighted by atomic mass is 32.2. The van der Waals surface area contributed by atoms with Crippen LogP contribution in [0.2, 0.25) is 0 Å². The molecule has 2 rings (SSSR count). The predicted molar refractivity (Wildman–Crippen MR) is 134 cm³/mol. The van der Waals surface area contributed by atoms with E-state index in [1.807, 2.05) is 45.0 Å². The Morgan fingerprint density at radius 2 is 1.68 bits per heavy atom. The van der Waals surface area contributed by atoms with Gasteiger partial charge in [0.15, 0.2) is 0 Å². The number of benzene rings is 2. The van der Waals surface area contributed by atoms with Crippen LogP contribution in [0.3, 0.4) is 0 Å². The molecule has 8 nitrogen and oxygen atoms in total. The van der Waals surface area contributed by atoms with Gasteiger partial charge in [-0.05, 0) is 50.5 Å². The fraction of sp³-hybridized carbons (Fsp3) is 0.440. The van der Waals surface area contributed by atoms with Crippen molar-refractivity contribution in [3.63, 3.8) is 0 Å². The van der Waals surface area contributed by atoms with Gasteiger partial charge in [-0.25, -0.2) is 8.42 Å². The third-order valence-electron chi connectivity index (χ3n) is 5.80. The number of hydrogen-bond acceptors (Lipinski definition) is 5. The average Bonchev–Trinajstić information content (AvgIpc) is 2.80. The predicted octanol–water partition coefficient (Wildman–Crippen LogP) is 3.10. The van der Waals surface area contributed by atoms with E-state index < -0.39 is 28.5 Å². The first-order chi connectivity index (χ1) is 16.0. The van der Waals surface area contributed by atoms with Gasteiger partial charge in [-0.15, -0.1) is 0 Å². The van der Waals surface area contributed by atoms with E-state index in [1.165, 1.54) is 12.0 Å². The van der Waals surface area contributed by atoms with Crippen LogP contribution in [0.1, 0.15) is 38.3 Å². The van der Waals surface area contributed by atoms with E-state index in [4.69, 9.17) is 4.74 Å². The molecule has 2 aromatic carbocycles. The number of amides is 2. The molecule has 0 aliphatic heterocycles. The second-order valence-corrected chi connectivity index (χ2v) is 10.3. The van der Waals surface area contributed by atoms with Crippen LogP contribution in [-0.4, -0.2) is 57.1 Å². The number of anilines is 1. The number of aryl methyl sites for hydroxylation is 1. The third-order valence-corrected chi connectivity index (χ3v) is 6.93. The molecule has 0 aromatic heterocycles. The average molecular weight is 490 g/mol. The first-order valence-corrected chi connectivity index (χ1v) is 13.1. The minimum Gasteiger partial charge on any atom is -0.495 e. The van der Waals surface area contributed by atoms with Gasteiger partial charge in [-0.2, -0.15) is 0 Å². The van der Waals surface area contributed by atoms with Crippen LogP contribution in [0.25, 0.3) is 0 Å². The Labute approximate surface area is 202 Å². The Balaban J connectivity index is 2.44. The number of nitrogens with one attached hydrogen (secondary N) is 1. The van der Waals surface area contributed by atoms with E-state index in [-0.39, 0.29) is 24.2 Å². The molecule has 0 aliphatic rings. The molecule has 2 amide bonds. The van der Waals surface area contributed by atoms with Gasteiger partial charge in [0.1, 0.15) is 18.3 Å². The van der Waals surface area contributed by atoms with Crippen molar-refractivity contribution < 1.29 is 22.7 Å². The quantitative estimate of drug-likeness (QED) is 0.523. The summed E-state index contributed by atoms with van der Waals surface area (Å²) in [5.74, 6) is -0.459. The molecule has 2 aromatic rings. The number of sulfonamides is 1. The lowest BCUT2D eigenvalue weighted by Gasteiger charge is -2.32. The molecule has 0 unspecified atom stereocenters. The molecule has 2 atom stereocenters. The van der Waals surface area contributed by atoms with Crippen molar-refractivity contribution in [2.24, 2.45) is 0 Å². The summed E-state index contributed by atoms with van der Waals surface area (Å²) < 4.78 is 31.7. The lowest BCUT2D eigenvalue weighted by atomic mass is 10.1. The molecule has 1 N–H and O–H groups in total. The zero-order valence-electron chi connectivity index (χ0n) is 20.7. The number of nitrogens with zero attached hydrogens (tertiary/aromatic N) is 2. The number of ether oxygens (including phenoxy) is 1. The van der Waals surface area contributed by atoms with Crippen molar-refractivity contribution >= 4 is 27.5 Å². The topological polar surface area (TPSA) is 96.0 Å². The van der Waals surface area contributed by atoms with Gasteiger partial charge < -0.3 is 15.0 Å². The lowest BCUT2D eigenvalue weighted by molar-refractivity contribution is -0.139. The number of carbonyl (C=O) groups is 2. The molecule has 34 heavy (non-hydrogen) atoms. The Kier molecular flexibility index (Phi) is 9.49. The van der Waals surface area contributed by atoms with Crippen molar-refractivity contribution in [1.29, 1.82) is 0 Å². The number of para-hydroxylation sites is 2. The summed E-state index contributed by atoms with van der Waals surface area (Å²) in [5, 5.41) is 2.91. The molecule has 0 fully saturated rings. The monoisotopic (exact) mass is 489 g/mol. The van der Waals surface area contributed by atoms with Crippen LogP contribution in [0.5, 0.6) is 5.75 Å². The maximum Gasteiger partial charge on any atom is 0.244 e. The van der Waals surface area contributed by atoms with Crippen molar-refractivity contribution in [2.45, 2.75) is 52.7 Å². The summed E-state index contributed by atoms with van der Waals surface area (Å²) in [7, 11) is -2.39. The molecular weight excluding hydrogens is 454 g/mol. The fourth-order valence-electron chi connectivity index (χ4n) is 3.45. The largest absolute Gasteiger partial charge is 0.495 e. The van der Waals surface area contributed by atoms with Gasteiger partial charge in [-0.3, -0.25) is 13.9 Å². The highest BCUT2D eigenvalue weighted by Crippen LogP contribution is 2.29. The van der Waals surface area contributed by atoms with Crippen molar-refractivity contribution in [1.82, 2.24) is 10.2 Å². The van der Waals surface area contributed by atoms with Gasteiger partial charge in [0, 0.05) is 12.6 Å². The van der Waals surface area contributed by atoms with Crippen LogP contribution in [0.15, 0.2) is 48.5 Å². The Bertz CT molecular complexity index is 1100. The van der Waals surface area contributed by atoms with E-state index >= 15 is 0 Å². The van der Waals surface area contributed by atoms with Crippen molar-refractivity contribution in [2.75, 3.05) is 24.2 Å². The molecule has 9 heteroatoms. The maximum absolute atomic E-state index is 13.6. The highest BCUT2D eigenvalue weighted by Gasteiger charge is 2.31. The maximum atomic E-state index is 13.6. The molecular formula is C25H35N3O5S. The summed E-state index contributed by atoms with van der Waals surface area (Å²) in [5.41, 5.74) is 2.11. The van der Waals surface area contributed by atoms with E-state index in [0.29, 0.717) is 5.75 Å². The molecule has 0 saturated heterocycles. The van der Waals surface area contributed by atoms with E-state index in [1.54, 1.807) is 31.2 Å². The molecule has 0 spiro atoms. The first kappa shape index (κ1) is 27.2. The number of methoxy groups -OCH3 is 1. The third kappa shape index (κ3) is 6.96. The normalized spacial score (nSPS) is 13.0. The van der Waals surface area contributed by atoms with Crippen LogP contribution in [-0.2, 0) is 26.2 Å². The number of hydrogen-bond donors (Lipinski definition) is 1. The standard InChI is InChI=1S/C25H35N3O5S/c1-7-19(3)26-25(30)20(4)27(16-21-13-9-8-12-18(21)2)24(29)17-28(34(6,31)32)22-14-10-11-15-23(22)33-5/h8-15,19-20H,7,16-17H2,1-6H3,(H,26,30)/t19-,20-/m1/s1. The number of carbonyl (C=O) groups excluding carboxylic acids is 2. The highest BCUT2D eigenvalue weighted by molar-refractivity contribution is 7.92. The number of rotatable bonds is 11. The summed E-state index contributed by atoms with van der Waals surface area (Å²) in [6.07, 6.45) is 1.79. The smallest absolute Gasteiger partial charge is 0.244 e. The summed E-state index contributed by atoms with van der Waals surface area (Å²) in [6, 6.07) is 13.3. The van der Waals surface area contributed by atoms with E-state index in [9.17, 15) is 18.0 Å². The minimum absolute atomic E-state index is 0.0496. The van der Waals surface area contributed by atoms with Crippen LogP contribution >= 0.6 is 0 Å². The zero-order chi connectivity index (χ0) is 25.5. The Morgan fingerprint density at radius 1 is 1.06 bits per heavy atom. The van der Waals surface area contributed by atoms with Gasteiger partial charge in [-0.1, -0.05) is 43.3 Å². The molecule has 186 valence electrons. The molecule has 0 radical (unpaired) electrons. The van der Waals surface area contributed by atoms with E-state index in [0.717, 1.165) is 28.1 Å². The summed E-state index contributed by atoms with van der Waals surface area (Å²) >= 11 is 0. The van der Waals surface area contributed by atoms with Crippen LogP contribution in [0.4, 0.5) is 5.69 Å². The molecule has 0 saturated carbocycles. The molecule has 0 aliphatic carbocycles. The van der Waals surface area contributed by atoms with Gasteiger partial charge in [0.2, 0.25) is 21.8 Å². The van der Waals surface area contributed by atoms with Crippen molar-refractivity contribution in [3.05, 3.63) is 59.7 Å². The van der Waals surface area contributed by atoms with Crippen LogP contribution < -0.4 is 14.4 Å². The zero-order valence-corrected chi connectivity index (χ0v) is 21.6. The van der Waals surface area contributed by atoms with E-state index in [2.05, 4.69) is 5.32 Å². The Hall–Kier alpha value is -3.07. The Morgan fingerprint density at radius 3 is 2.26 bits per heavy atom. The first-order valence-electron chi connectivity index (χ1n) is 11.2.